The Bertz CT molecular complexity index is 3920. The van der Waals surface area contributed by atoms with Gasteiger partial charge in [-0.25, -0.2) is 15.0 Å². The Morgan fingerprint density at radius 3 is 1.65 bits per heavy atom. The number of para-hydroxylation sites is 2. The highest BCUT2D eigenvalue weighted by atomic mass is 32.1. The minimum Gasteiger partial charge on any atom is -0.456 e. The molecule has 9 aromatic carbocycles. The van der Waals surface area contributed by atoms with E-state index in [0.29, 0.717) is 17.5 Å². The van der Waals surface area contributed by atoms with Gasteiger partial charge in [0.25, 0.3) is 0 Å². The third-order valence-electron chi connectivity index (χ3n) is 12.2. The molecular weight excluding hydrogens is 789 g/mol. The van der Waals surface area contributed by atoms with Crippen molar-refractivity contribution in [1.82, 2.24) is 19.5 Å². The molecule has 0 aliphatic carbocycles. The SMILES string of the molecule is c1ccc(-c2nc(-c3cccc(-c4ccc5oc6ccc7sc8ccccc8c7c6c5c4)c3)nc(-c3cccc(-c4ccc5c6ccccc6n(-c6ccccc6)c5c4)c3)n2)cc1. The molecule has 0 saturated heterocycles. The number of thiophene rings is 1. The van der Waals surface area contributed by atoms with Crippen molar-refractivity contribution >= 4 is 75.3 Å². The summed E-state index contributed by atoms with van der Waals surface area (Å²) in [4.78, 5) is 15.4. The van der Waals surface area contributed by atoms with E-state index >= 15 is 0 Å². The zero-order chi connectivity index (χ0) is 41.4. The summed E-state index contributed by atoms with van der Waals surface area (Å²) < 4.78 is 11.3. The topological polar surface area (TPSA) is 56.7 Å². The maximum absolute atomic E-state index is 6.44. The largest absolute Gasteiger partial charge is 0.456 e. The second kappa shape index (κ2) is 14.2. The Labute approximate surface area is 365 Å². The third-order valence-corrected chi connectivity index (χ3v) is 13.4. The molecule has 294 valence electrons. The molecule has 0 unspecified atom stereocenters. The van der Waals surface area contributed by atoms with Gasteiger partial charge in [0, 0.05) is 64.1 Å². The molecule has 0 aliphatic heterocycles. The van der Waals surface area contributed by atoms with Crippen LogP contribution in [0.25, 0.3) is 126 Å². The molecule has 0 spiro atoms. The molecular formula is C57H34N4OS. The fourth-order valence-electron chi connectivity index (χ4n) is 9.29. The van der Waals surface area contributed by atoms with E-state index in [1.54, 1.807) is 0 Å². The summed E-state index contributed by atoms with van der Waals surface area (Å²) in [5.74, 6) is 1.85. The van der Waals surface area contributed by atoms with E-state index in [1.807, 2.05) is 29.5 Å². The Kier molecular flexibility index (Phi) is 8.01. The molecule has 0 atom stereocenters. The molecule has 13 rings (SSSR count). The molecule has 4 aromatic heterocycles. The van der Waals surface area contributed by atoms with Gasteiger partial charge in [-0.15, -0.1) is 11.3 Å². The van der Waals surface area contributed by atoms with Crippen LogP contribution in [0.15, 0.2) is 211 Å². The molecule has 0 fully saturated rings. The second-order valence-corrected chi connectivity index (χ2v) is 17.1. The van der Waals surface area contributed by atoms with E-state index in [9.17, 15) is 0 Å². The van der Waals surface area contributed by atoms with Crippen molar-refractivity contribution in [2.24, 2.45) is 0 Å². The molecule has 0 amide bonds. The lowest BCUT2D eigenvalue weighted by Crippen LogP contribution is -2.00. The maximum Gasteiger partial charge on any atom is 0.164 e. The van der Waals surface area contributed by atoms with Crippen LogP contribution < -0.4 is 0 Å². The second-order valence-electron chi connectivity index (χ2n) is 16.0. The Morgan fingerprint density at radius 1 is 0.333 bits per heavy atom. The van der Waals surface area contributed by atoms with Crippen molar-refractivity contribution in [3.05, 3.63) is 206 Å². The van der Waals surface area contributed by atoms with Crippen molar-refractivity contribution < 1.29 is 4.42 Å². The van der Waals surface area contributed by atoms with Crippen molar-refractivity contribution in [2.75, 3.05) is 0 Å². The van der Waals surface area contributed by atoms with Gasteiger partial charge >= 0.3 is 0 Å². The lowest BCUT2D eigenvalue weighted by molar-refractivity contribution is 0.669. The van der Waals surface area contributed by atoms with Gasteiger partial charge in [-0.1, -0.05) is 140 Å². The van der Waals surface area contributed by atoms with Crippen LogP contribution in [-0.4, -0.2) is 19.5 Å². The number of aromatic nitrogens is 4. The van der Waals surface area contributed by atoms with Crippen LogP contribution in [0.5, 0.6) is 0 Å². The van der Waals surface area contributed by atoms with E-state index in [-0.39, 0.29) is 0 Å². The van der Waals surface area contributed by atoms with Crippen molar-refractivity contribution in [2.45, 2.75) is 0 Å². The fourth-order valence-corrected chi connectivity index (χ4v) is 10.4. The number of fused-ring (bicyclic) bond motifs is 10. The number of hydrogen-bond acceptors (Lipinski definition) is 5. The molecule has 5 nitrogen and oxygen atoms in total. The third kappa shape index (κ3) is 5.87. The molecule has 0 aliphatic rings. The van der Waals surface area contributed by atoms with Gasteiger partial charge in [-0.3, -0.25) is 0 Å². The molecule has 0 radical (unpaired) electrons. The number of furan rings is 1. The van der Waals surface area contributed by atoms with Gasteiger partial charge in [0.05, 0.1) is 11.0 Å². The van der Waals surface area contributed by atoms with Crippen molar-refractivity contribution in [3.8, 4) is 62.1 Å². The first-order chi connectivity index (χ1) is 31.2. The Hall–Kier alpha value is -8.19. The molecule has 63 heavy (non-hydrogen) atoms. The average molecular weight is 823 g/mol. The first kappa shape index (κ1) is 35.6. The molecule has 6 heteroatoms. The monoisotopic (exact) mass is 822 g/mol. The average Bonchev–Trinajstić information content (AvgIpc) is 4.03. The van der Waals surface area contributed by atoms with Crippen LogP contribution in [0.2, 0.25) is 0 Å². The van der Waals surface area contributed by atoms with E-state index < -0.39 is 0 Å². The van der Waals surface area contributed by atoms with Gasteiger partial charge in [0.2, 0.25) is 0 Å². The summed E-state index contributed by atoms with van der Waals surface area (Å²) in [6.45, 7) is 0. The summed E-state index contributed by atoms with van der Waals surface area (Å²) in [6.07, 6.45) is 0. The lowest BCUT2D eigenvalue weighted by Gasteiger charge is -2.11. The number of benzene rings is 9. The smallest absolute Gasteiger partial charge is 0.164 e. The lowest BCUT2D eigenvalue weighted by atomic mass is 9.99. The highest BCUT2D eigenvalue weighted by Crippen LogP contribution is 2.43. The summed E-state index contributed by atoms with van der Waals surface area (Å²) in [5.41, 5.74) is 12.4. The van der Waals surface area contributed by atoms with Crippen LogP contribution in [0, 0.1) is 0 Å². The summed E-state index contributed by atoms with van der Waals surface area (Å²) in [5, 5.41) is 7.23. The van der Waals surface area contributed by atoms with Crippen LogP contribution in [-0.2, 0) is 0 Å². The van der Waals surface area contributed by atoms with Gasteiger partial charge < -0.3 is 8.98 Å². The number of rotatable bonds is 6. The minimum atomic E-state index is 0.612. The van der Waals surface area contributed by atoms with E-state index in [0.717, 1.165) is 72.1 Å². The predicted molar refractivity (Wildman–Crippen MR) is 262 cm³/mol. The van der Waals surface area contributed by atoms with Crippen LogP contribution in [0.3, 0.4) is 0 Å². The van der Waals surface area contributed by atoms with Crippen LogP contribution >= 0.6 is 11.3 Å². The first-order valence-corrected chi connectivity index (χ1v) is 21.9. The van der Waals surface area contributed by atoms with E-state index in [2.05, 4.69) is 193 Å². The van der Waals surface area contributed by atoms with Gasteiger partial charge in [0.1, 0.15) is 11.2 Å². The van der Waals surface area contributed by atoms with Crippen LogP contribution in [0.4, 0.5) is 0 Å². The van der Waals surface area contributed by atoms with E-state index in [4.69, 9.17) is 19.4 Å². The molecule has 0 bridgehead atoms. The van der Waals surface area contributed by atoms with Gasteiger partial charge in [-0.05, 0) is 89.0 Å². The Balaban J connectivity index is 0.927. The predicted octanol–water partition coefficient (Wildman–Crippen LogP) is 15.6. The summed E-state index contributed by atoms with van der Waals surface area (Å²) in [7, 11) is 0. The van der Waals surface area contributed by atoms with E-state index in [1.165, 1.54) is 36.5 Å². The summed E-state index contributed by atoms with van der Waals surface area (Å²) >= 11 is 1.83. The number of hydrogen-bond donors (Lipinski definition) is 0. The van der Waals surface area contributed by atoms with Crippen LogP contribution in [0.1, 0.15) is 0 Å². The van der Waals surface area contributed by atoms with Crippen molar-refractivity contribution in [3.63, 3.8) is 0 Å². The normalized spacial score (nSPS) is 11.8. The molecule has 4 heterocycles. The summed E-state index contributed by atoms with van der Waals surface area (Å²) in [6, 6.07) is 72.6. The molecule has 0 N–H and O–H groups in total. The fraction of sp³-hybridized carbons (Fsp3) is 0. The molecule has 0 saturated carbocycles. The molecule has 13 aromatic rings. The van der Waals surface area contributed by atoms with Gasteiger partial charge in [0.15, 0.2) is 17.5 Å². The highest BCUT2D eigenvalue weighted by Gasteiger charge is 2.18. The zero-order valence-electron chi connectivity index (χ0n) is 33.7. The standard InChI is InChI=1S/C57H34N4OS/c1-3-13-35(14-4-1)55-58-56(40-17-11-15-36(31-40)38-26-28-49-46(33-38)53-50(62-49)29-30-52-54(53)45-22-8-10-24-51(45)63-52)60-57(59-55)41-18-12-16-37(32-41)39-25-27-44-43-21-7-9-23-47(43)61(48(44)34-39)42-19-5-2-6-20-42/h1-34H. The highest BCUT2D eigenvalue weighted by molar-refractivity contribution is 7.26. The maximum atomic E-state index is 6.44. The van der Waals surface area contributed by atoms with Crippen molar-refractivity contribution in [1.29, 1.82) is 0 Å². The number of nitrogens with zero attached hydrogens (tertiary/aromatic N) is 4. The van der Waals surface area contributed by atoms with Gasteiger partial charge in [-0.2, -0.15) is 0 Å². The minimum absolute atomic E-state index is 0.612. The Morgan fingerprint density at radius 2 is 0.889 bits per heavy atom. The quantitative estimate of drug-likeness (QED) is 0.168. The zero-order valence-corrected chi connectivity index (χ0v) is 34.6. The first-order valence-electron chi connectivity index (χ1n) is 21.1.